The van der Waals surface area contributed by atoms with Gasteiger partial charge in [0.25, 0.3) is 0 Å². The molecule has 0 radical (unpaired) electrons. The molecule has 7 heteroatoms. The highest BCUT2D eigenvalue weighted by atomic mass is 35.5. The van der Waals surface area contributed by atoms with Gasteiger partial charge in [0.05, 0.1) is 24.2 Å². The molecule has 0 aliphatic carbocycles. The van der Waals surface area contributed by atoms with Crippen molar-refractivity contribution in [1.82, 2.24) is 4.98 Å². The van der Waals surface area contributed by atoms with Crippen LogP contribution >= 0.6 is 22.9 Å². The van der Waals surface area contributed by atoms with Crippen LogP contribution in [0.3, 0.4) is 0 Å². The second-order valence-electron chi connectivity index (χ2n) is 3.69. The lowest BCUT2D eigenvalue weighted by Crippen LogP contribution is -2.00. The number of nitrogens with zero attached hydrogens (tertiary/aromatic N) is 1. The van der Waals surface area contributed by atoms with Crippen molar-refractivity contribution in [2.75, 3.05) is 12.4 Å². The van der Waals surface area contributed by atoms with Crippen LogP contribution in [0.4, 0.5) is 10.8 Å². The number of ether oxygens (including phenoxy) is 1. The number of aliphatic carboxylic acids is 1. The first-order chi connectivity index (χ1) is 9.08. The Bertz CT molecular complexity index is 600. The average Bonchev–Trinajstić information content (AvgIpc) is 2.76. The van der Waals surface area contributed by atoms with E-state index in [-0.39, 0.29) is 6.42 Å². The Morgan fingerprint density at radius 2 is 2.37 bits per heavy atom. The largest absolute Gasteiger partial charge is 0.495 e. The molecule has 0 atom stereocenters. The Morgan fingerprint density at radius 3 is 3.00 bits per heavy atom. The molecule has 1 aromatic carbocycles. The maximum absolute atomic E-state index is 10.6. The number of carboxylic acids is 1. The van der Waals surface area contributed by atoms with E-state index in [0.29, 0.717) is 21.6 Å². The van der Waals surface area contributed by atoms with E-state index in [2.05, 4.69) is 10.3 Å². The van der Waals surface area contributed by atoms with Gasteiger partial charge in [-0.1, -0.05) is 11.6 Å². The maximum Gasteiger partial charge on any atom is 0.309 e. The third kappa shape index (κ3) is 3.59. The summed E-state index contributed by atoms with van der Waals surface area (Å²) in [5, 5.41) is 14.6. The fourth-order valence-corrected chi connectivity index (χ4v) is 2.46. The summed E-state index contributed by atoms with van der Waals surface area (Å²) in [6.45, 7) is 0. The molecule has 2 N–H and O–H groups in total. The summed E-state index contributed by atoms with van der Waals surface area (Å²) in [6, 6.07) is 5.28. The second kappa shape index (κ2) is 5.90. The van der Waals surface area contributed by atoms with Crippen LogP contribution in [0.5, 0.6) is 5.75 Å². The first-order valence-corrected chi connectivity index (χ1v) is 6.61. The van der Waals surface area contributed by atoms with Gasteiger partial charge in [-0.05, 0) is 18.2 Å². The summed E-state index contributed by atoms with van der Waals surface area (Å²) in [7, 11) is 1.55. The van der Waals surface area contributed by atoms with Crippen LogP contribution in [0.2, 0.25) is 5.02 Å². The van der Waals surface area contributed by atoms with Crippen LogP contribution < -0.4 is 10.1 Å². The summed E-state index contributed by atoms with van der Waals surface area (Å²) in [5.74, 6) is -0.303. The van der Waals surface area contributed by atoms with E-state index in [4.69, 9.17) is 21.4 Å². The van der Waals surface area contributed by atoms with Gasteiger partial charge in [0.15, 0.2) is 5.13 Å². The maximum atomic E-state index is 10.6. The molecule has 0 aliphatic heterocycles. The number of carboxylic acid groups (broad SMARTS) is 1. The van der Waals surface area contributed by atoms with Gasteiger partial charge < -0.3 is 15.2 Å². The number of methoxy groups -OCH3 is 1. The minimum absolute atomic E-state index is 0.0818. The number of hydrogen-bond acceptors (Lipinski definition) is 5. The summed E-state index contributed by atoms with van der Waals surface area (Å²) in [4.78, 5) is 14.7. The number of benzene rings is 1. The lowest BCUT2D eigenvalue weighted by molar-refractivity contribution is -0.136. The lowest BCUT2D eigenvalue weighted by atomic mass is 10.3. The number of thiazole rings is 1. The second-order valence-corrected chi connectivity index (χ2v) is 4.95. The van der Waals surface area contributed by atoms with Crippen LogP contribution in [0.15, 0.2) is 23.6 Å². The molecule has 2 rings (SSSR count). The van der Waals surface area contributed by atoms with Gasteiger partial charge in [-0.2, -0.15) is 0 Å². The van der Waals surface area contributed by atoms with Crippen LogP contribution in [-0.2, 0) is 11.2 Å². The van der Waals surface area contributed by atoms with Crippen molar-refractivity contribution in [3.63, 3.8) is 0 Å². The van der Waals surface area contributed by atoms with E-state index in [1.807, 2.05) is 6.07 Å². The summed E-state index contributed by atoms with van der Waals surface area (Å²) in [5.41, 5.74) is 1.29. The van der Waals surface area contributed by atoms with Crippen LogP contribution in [0.1, 0.15) is 5.69 Å². The topological polar surface area (TPSA) is 71.5 Å². The van der Waals surface area contributed by atoms with Crippen molar-refractivity contribution >= 4 is 39.7 Å². The third-order valence-electron chi connectivity index (χ3n) is 2.29. The van der Waals surface area contributed by atoms with Gasteiger partial charge >= 0.3 is 5.97 Å². The highest BCUT2D eigenvalue weighted by Crippen LogP contribution is 2.29. The van der Waals surface area contributed by atoms with Gasteiger partial charge in [-0.3, -0.25) is 4.79 Å². The molecule has 0 saturated heterocycles. The van der Waals surface area contributed by atoms with Crippen LogP contribution in [0, 0.1) is 0 Å². The van der Waals surface area contributed by atoms with Crippen LogP contribution in [-0.4, -0.2) is 23.2 Å². The quantitative estimate of drug-likeness (QED) is 0.887. The molecule has 0 unspecified atom stereocenters. The SMILES string of the molecule is COc1ccc(Nc2nc(CC(=O)O)cs2)cc1Cl. The standard InChI is InChI=1S/C12H11ClN2O3S/c1-18-10-3-2-7(4-9(10)13)14-12-15-8(6-19-12)5-11(16)17/h2-4,6H,5H2,1H3,(H,14,15)(H,16,17). The Hall–Kier alpha value is -1.79. The van der Waals surface area contributed by atoms with E-state index < -0.39 is 5.97 Å². The summed E-state index contributed by atoms with van der Waals surface area (Å²) < 4.78 is 5.06. The van der Waals surface area contributed by atoms with Crippen molar-refractivity contribution in [3.8, 4) is 5.75 Å². The molecule has 100 valence electrons. The number of rotatable bonds is 5. The minimum Gasteiger partial charge on any atom is -0.495 e. The molecule has 1 heterocycles. The predicted octanol–water partition coefficient (Wildman–Crippen LogP) is 3.18. The zero-order chi connectivity index (χ0) is 13.8. The summed E-state index contributed by atoms with van der Waals surface area (Å²) in [6.07, 6.45) is -0.0818. The predicted molar refractivity (Wildman–Crippen MR) is 74.7 cm³/mol. The van der Waals surface area contributed by atoms with Gasteiger partial charge in [0, 0.05) is 11.1 Å². The molecule has 0 bridgehead atoms. The number of halogens is 1. The third-order valence-corrected chi connectivity index (χ3v) is 3.39. The number of nitrogens with one attached hydrogen (secondary N) is 1. The van der Waals surface area contributed by atoms with E-state index in [9.17, 15) is 4.79 Å². The Balaban J connectivity index is 2.10. The lowest BCUT2D eigenvalue weighted by Gasteiger charge is -2.06. The van der Waals surface area contributed by atoms with Gasteiger partial charge in [0.2, 0.25) is 0 Å². The van der Waals surface area contributed by atoms with Gasteiger partial charge in [-0.25, -0.2) is 4.98 Å². The Kier molecular flexibility index (Phi) is 4.24. The van der Waals surface area contributed by atoms with Crippen molar-refractivity contribution in [3.05, 3.63) is 34.3 Å². The average molecular weight is 299 g/mol. The van der Waals surface area contributed by atoms with E-state index in [1.54, 1.807) is 24.6 Å². The molecule has 0 saturated carbocycles. The Morgan fingerprint density at radius 1 is 1.58 bits per heavy atom. The number of carbonyl (C=O) groups is 1. The first-order valence-electron chi connectivity index (χ1n) is 5.35. The molecule has 1 aromatic heterocycles. The molecule has 2 aromatic rings. The van der Waals surface area contributed by atoms with E-state index >= 15 is 0 Å². The molecule has 0 amide bonds. The highest BCUT2D eigenvalue weighted by Gasteiger charge is 2.07. The smallest absolute Gasteiger partial charge is 0.309 e. The number of hydrogen-bond donors (Lipinski definition) is 2. The zero-order valence-corrected chi connectivity index (χ0v) is 11.6. The van der Waals surface area contributed by atoms with E-state index in [1.165, 1.54) is 11.3 Å². The molecule has 0 fully saturated rings. The Labute approximate surface area is 118 Å². The van der Waals surface area contributed by atoms with Crippen molar-refractivity contribution in [2.24, 2.45) is 0 Å². The van der Waals surface area contributed by atoms with E-state index in [0.717, 1.165) is 5.69 Å². The molecule has 0 spiro atoms. The summed E-state index contributed by atoms with van der Waals surface area (Å²) >= 11 is 7.35. The highest BCUT2D eigenvalue weighted by molar-refractivity contribution is 7.13. The van der Waals surface area contributed by atoms with Gasteiger partial charge in [-0.15, -0.1) is 11.3 Å². The normalized spacial score (nSPS) is 10.2. The molecule has 19 heavy (non-hydrogen) atoms. The fraction of sp³-hybridized carbons (Fsp3) is 0.167. The number of anilines is 2. The van der Waals surface area contributed by atoms with Crippen molar-refractivity contribution < 1.29 is 14.6 Å². The molecule has 5 nitrogen and oxygen atoms in total. The molecular formula is C12H11ClN2O3S. The first kappa shape index (κ1) is 13.6. The molecule has 0 aliphatic rings. The zero-order valence-electron chi connectivity index (χ0n) is 10.0. The number of aromatic nitrogens is 1. The molecular weight excluding hydrogens is 288 g/mol. The fourth-order valence-electron chi connectivity index (χ4n) is 1.47. The minimum atomic E-state index is -0.899. The van der Waals surface area contributed by atoms with Crippen molar-refractivity contribution in [1.29, 1.82) is 0 Å². The van der Waals surface area contributed by atoms with Crippen LogP contribution in [0.25, 0.3) is 0 Å². The van der Waals surface area contributed by atoms with Gasteiger partial charge in [0.1, 0.15) is 5.75 Å². The monoisotopic (exact) mass is 298 g/mol. The van der Waals surface area contributed by atoms with Crippen molar-refractivity contribution in [2.45, 2.75) is 6.42 Å².